The molecular weight excluding hydrogens is 262 g/mol. The molecule has 0 amide bonds. The molecule has 21 heavy (non-hydrogen) atoms. The standard InChI is InChI=1S/C17H33N3O/c1-3-21-16(14-8-4-5-9-14)12-13-19-17(18-2)20-15-10-6-7-11-15/h14-16H,3-13H2,1-2H3,(H2,18,19,20). The number of nitrogens with one attached hydrogen (secondary N) is 2. The van der Waals surface area contributed by atoms with Crippen molar-refractivity contribution >= 4 is 5.96 Å². The van der Waals surface area contributed by atoms with E-state index in [0.29, 0.717) is 12.1 Å². The fraction of sp³-hybridized carbons (Fsp3) is 0.941. The number of nitrogens with zero attached hydrogens (tertiary/aromatic N) is 1. The van der Waals surface area contributed by atoms with Gasteiger partial charge in [-0.15, -0.1) is 0 Å². The zero-order valence-corrected chi connectivity index (χ0v) is 13.9. The van der Waals surface area contributed by atoms with Crippen LogP contribution in [0.3, 0.4) is 0 Å². The molecule has 2 aliphatic carbocycles. The van der Waals surface area contributed by atoms with Gasteiger partial charge in [-0.05, 0) is 44.9 Å². The van der Waals surface area contributed by atoms with Crippen molar-refractivity contribution in [3.63, 3.8) is 0 Å². The zero-order valence-electron chi connectivity index (χ0n) is 13.9. The second-order valence-corrected chi connectivity index (χ2v) is 6.45. The van der Waals surface area contributed by atoms with E-state index in [0.717, 1.165) is 31.4 Å². The molecular formula is C17H33N3O. The maximum Gasteiger partial charge on any atom is 0.191 e. The van der Waals surface area contributed by atoms with Crippen LogP contribution in [-0.4, -0.2) is 38.3 Å². The van der Waals surface area contributed by atoms with Crippen LogP contribution in [0.1, 0.15) is 64.7 Å². The van der Waals surface area contributed by atoms with Gasteiger partial charge in [0.2, 0.25) is 0 Å². The van der Waals surface area contributed by atoms with Crippen LogP contribution in [0.4, 0.5) is 0 Å². The highest BCUT2D eigenvalue weighted by Gasteiger charge is 2.25. The lowest BCUT2D eigenvalue weighted by atomic mass is 9.98. The first-order valence-corrected chi connectivity index (χ1v) is 8.92. The third-order valence-electron chi connectivity index (χ3n) is 4.95. The number of ether oxygens (including phenoxy) is 1. The van der Waals surface area contributed by atoms with Crippen molar-refractivity contribution in [2.24, 2.45) is 10.9 Å². The number of aliphatic imine (C=N–C) groups is 1. The molecule has 2 N–H and O–H groups in total. The van der Waals surface area contributed by atoms with Gasteiger partial charge in [0.1, 0.15) is 0 Å². The first kappa shape index (κ1) is 16.6. The SMILES string of the molecule is CCOC(CCNC(=NC)NC1CCCC1)C1CCCC1. The second kappa shape index (κ2) is 9.29. The topological polar surface area (TPSA) is 45.6 Å². The lowest BCUT2D eigenvalue weighted by Gasteiger charge is -2.24. The summed E-state index contributed by atoms with van der Waals surface area (Å²) in [6.07, 6.45) is 12.2. The van der Waals surface area contributed by atoms with E-state index in [1.807, 2.05) is 7.05 Å². The Hall–Kier alpha value is -0.770. The average molecular weight is 295 g/mol. The molecule has 0 aromatic rings. The van der Waals surface area contributed by atoms with Crippen LogP contribution in [0, 0.1) is 5.92 Å². The van der Waals surface area contributed by atoms with Crippen molar-refractivity contribution in [1.82, 2.24) is 10.6 Å². The smallest absolute Gasteiger partial charge is 0.191 e. The monoisotopic (exact) mass is 295 g/mol. The Morgan fingerprint density at radius 3 is 2.43 bits per heavy atom. The fourth-order valence-electron chi connectivity index (χ4n) is 3.79. The summed E-state index contributed by atoms with van der Waals surface area (Å²) >= 11 is 0. The minimum atomic E-state index is 0.426. The Morgan fingerprint density at radius 1 is 1.14 bits per heavy atom. The summed E-state index contributed by atoms with van der Waals surface area (Å²) in [7, 11) is 1.86. The Balaban J connectivity index is 1.69. The zero-order chi connectivity index (χ0) is 14.9. The molecule has 2 fully saturated rings. The number of hydrogen-bond donors (Lipinski definition) is 2. The second-order valence-electron chi connectivity index (χ2n) is 6.45. The van der Waals surface area contributed by atoms with Crippen molar-refractivity contribution in [2.45, 2.75) is 76.9 Å². The van der Waals surface area contributed by atoms with E-state index in [2.05, 4.69) is 22.5 Å². The van der Waals surface area contributed by atoms with Gasteiger partial charge in [0.25, 0.3) is 0 Å². The molecule has 4 nitrogen and oxygen atoms in total. The Morgan fingerprint density at radius 2 is 1.81 bits per heavy atom. The summed E-state index contributed by atoms with van der Waals surface area (Å²) in [5, 5.41) is 7.01. The van der Waals surface area contributed by atoms with Crippen LogP contribution in [0.2, 0.25) is 0 Å². The van der Waals surface area contributed by atoms with E-state index in [1.165, 1.54) is 51.4 Å². The number of guanidine groups is 1. The third kappa shape index (κ3) is 5.50. The fourth-order valence-corrected chi connectivity index (χ4v) is 3.79. The molecule has 122 valence electrons. The van der Waals surface area contributed by atoms with Crippen LogP contribution in [0.5, 0.6) is 0 Å². The molecule has 1 unspecified atom stereocenters. The van der Waals surface area contributed by atoms with Crippen LogP contribution in [0.15, 0.2) is 4.99 Å². The van der Waals surface area contributed by atoms with E-state index in [-0.39, 0.29) is 0 Å². The first-order chi connectivity index (χ1) is 10.3. The molecule has 1 atom stereocenters. The summed E-state index contributed by atoms with van der Waals surface area (Å²) < 4.78 is 5.97. The molecule has 0 saturated heterocycles. The van der Waals surface area contributed by atoms with Gasteiger partial charge >= 0.3 is 0 Å². The van der Waals surface area contributed by atoms with Gasteiger partial charge in [-0.25, -0.2) is 0 Å². The third-order valence-corrected chi connectivity index (χ3v) is 4.95. The molecule has 0 aromatic heterocycles. The minimum absolute atomic E-state index is 0.426. The van der Waals surface area contributed by atoms with Gasteiger partial charge in [-0.3, -0.25) is 4.99 Å². The average Bonchev–Trinajstić information content (AvgIpc) is 3.18. The van der Waals surface area contributed by atoms with Gasteiger partial charge in [0.15, 0.2) is 5.96 Å². The first-order valence-electron chi connectivity index (χ1n) is 8.92. The lowest BCUT2D eigenvalue weighted by molar-refractivity contribution is 0.0169. The van der Waals surface area contributed by atoms with Gasteiger partial charge in [0, 0.05) is 26.2 Å². The van der Waals surface area contributed by atoms with Crippen molar-refractivity contribution in [2.75, 3.05) is 20.2 Å². The van der Waals surface area contributed by atoms with Gasteiger partial charge in [-0.2, -0.15) is 0 Å². The highest BCUT2D eigenvalue weighted by atomic mass is 16.5. The molecule has 0 heterocycles. The molecule has 0 bridgehead atoms. The highest BCUT2D eigenvalue weighted by molar-refractivity contribution is 5.79. The lowest BCUT2D eigenvalue weighted by Crippen LogP contribution is -2.43. The maximum absolute atomic E-state index is 5.97. The van der Waals surface area contributed by atoms with E-state index < -0.39 is 0 Å². The summed E-state index contributed by atoms with van der Waals surface area (Å²) in [6.45, 7) is 3.89. The number of hydrogen-bond acceptors (Lipinski definition) is 2. The van der Waals surface area contributed by atoms with Gasteiger partial charge in [0.05, 0.1) is 6.10 Å². The molecule has 2 rings (SSSR count). The normalized spacial score (nSPS) is 22.7. The molecule has 0 spiro atoms. The van der Waals surface area contributed by atoms with Crippen LogP contribution < -0.4 is 10.6 Å². The van der Waals surface area contributed by atoms with Gasteiger partial charge in [-0.1, -0.05) is 25.7 Å². The molecule has 0 aromatic carbocycles. The summed E-state index contributed by atoms with van der Waals surface area (Å²) in [5.41, 5.74) is 0. The van der Waals surface area contributed by atoms with E-state index in [9.17, 15) is 0 Å². The van der Waals surface area contributed by atoms with Crippen molar-refractivity contribution in [3.8, 4) is 0 Å². The Labute approximate surface area is 130 Å². The van der Waals surface area contributed by atoms with E-state index in [4.69, 9.17) is 4.74 Å². The Kier molecular flexibility index (Phi) is 7.34. The van der Waals surface area contributed by atoms with E-state index >= 15 is 0 Å². The molecule has 2 saturated carbocycles. The van der Waals surface area contributed by atoms with Crippen molar-refractivity contribution < 1.29 is 4.74 Å². The molecule has 0 radical (unpaired) electrons. The quantitative estimate of drug-likeness (QED) is 0.560. The van der Waals surface area contributed by atoms with Gasteiger partial charge < -0.3 is 15.4 Å². The molecule has 4 heteroatoms. The maximum atomic E-state index is 5.97. The molecule has 2 aliphatic rings. The van der Waals surface area contributed by atoms with Crippen molar-refractivity contribution in [3.05, 3.63) is 0 Å². The van der Waals surface area contributed by atoms with Crippen LogP contribution in [-0.2, 0) is 4.74 Å². The number of rotatable bonds is 7. The largest absolute Gasteiger partial charge is 0.378 e. The Bertz CT molecular complexity index is 307. The van der Waals surface area contributed by atoms with Crippen LogP contribution >= 0.6 is 0 Å². The predicted octanol–water partition coefficient (Wildman–Crippen LogP) is 3.08. The molecule has 0 aliphatic heterocycles. The summed E-state index contributed by atoms with van der Waals surface area (Å²) in [4.78, 5) is 4.35. The highest BCUT2D eigenvalue weighted by Crippen LogP contribution is 2.30. The van der Waals surface area contributed by atoms with E-state index in [1.54, 1.807) is 0 Å². The predicted molar refractivity (Wildman–Crippen MR) is 88.7 cm³/mol. The van der Waals surface area contributed by atoms with Crippen LogP contribution in [0.25, 0.3) is 0 Å². The summed E-state index contributed by atoms with van der Waals surface area (Å²) in [5.74, 6) is 1.74. The summed E-state index contributed by atoms with van der Waals surface area (Å²) in [6, 6.07) is 0.619. The minimum Gasteiger partial charge on any atom is -0.378 e. The van der Waals surface area contributed by atoms with Crippen molar-refractivity contribution in [1.29, 1.82) is 0 Å².